The number of hydrogen-bond acceptors (Lipinski definition) is 4. The lowest BCUT2D eigenvalue weighted by molar-refractivity contribution is 0.0918. The van der Waals surface area contributed by atoms with Crippen LogP contribution in [0.2, 0.25) is 5.02 Å². The second-order valence-corrected chi connectivity index (χ2v) is 10.6. The standard InChI is InChI=1S/C22H27ClN2O3S/c1-22(2,3)29(27)24-13-17-11-19(23)12-18-14-25(10-9-20(17)18)21(26)28-15-16-7-5-4-6-8-16/h4-8,11-12,24H,9-10,13-15H2,1-3H3. The Hall–Kier alpha value is -1.73. The molecule has 2 aromatic carbocycles. The summed E-state index contributed by atoms with van der Waals surface area (Å²) in [4.78, 5) is 14.2. The number of ether oxygens (including phenoxy) is 1. The van der Waals surface area contributed by atoms with Gasteiger partial charge in [0.25, 0.3) is 0 Å². The fraction of sp³-hybridized carbons (Fsp3) is 0.409. The Morgan fingerprint density at radius 3 is 2.69 bits per heavy atom. The molecule has 29 heavy (non-hydrogen) atoms. The molecule has 0 bridgehead atoms. The predicted molar refractivity (Wildman–Crippen MR) is 117 cm³/mol. The Kier molecular flexibility index (Phi) is 7.11. The van der Waals surface area contributed by atoms with Crippen molar-refractivity contribution in [2.24, 2.45) is 0 Å². The molecule has 156 valence electrons. The van der Waals surface area contributed by atoms with E-state index in [2.05, 4.69) is 4.72 Å². The van der Waals surface area contributed by atoms with Gasteiger partial charge in [-0.05, 0) is 61.6 Å². The third-order valence-corrected chi connectivity index (χ3v) is 6.54. The van der Waals surface area contributed by atoms with E-state index in [9.17, 15) is 9.35 Å². The largest absolute Gasteiger partial charge is 0.598 e. The van der Waals surface area contributed by atoms with Crippen LogP contribution in [0.25, 0.3) is 0 Å². The van der Waals surface area contributed by atoms with E-state index in [1.54, 1.807) is 4.90 Å². The minimum Gasteiger partial charge on any atom is -0.598 e. The Bertz CT molecular complexity index is 855. The lowest BCUT2D eigenvalue weighted by Gasteiger charge is -2.30. The second kappa shape index (κ2) is 9.39. The van der Waals surface area contributed by atoms with Crippen molar-refractivity contribution in [1.29, 1.82) is 0 Å². The first-order chi connectivity index (χ1) is 13.7. The summed E-state index contributed by atoms with van der Waals surface area (Å²) in [6.45, 7) is 7.57. The van der Waals surface area contributed by atoms with Crippen LogP contribution in [-0.4, -0.2) is 26.8 Å². The Morgan fingerprint density at radius 1 is 1.28 bits per heavy atom. The molecule has 1 N–H and O–H groups in total. The fourth-order valence-electron chi connectivity index (χ4n) is 3.23. The van der Waals surface area contributed by atoms with Crippen molar-refractivity contribution in [3.8, 4) is 0 Å². The predicted octanol–water partition coefficient (Wildman–Crippen LogP) is 4.59. The Morgan fingerprint density at radius 2 is 2.00 bits per heavy atom. The summed E-state index contributed by atoms with van der Waals surface area (Å²) < 4.78 is 20.5. The van der Waals surface area contributed by atoms with Gasteiger partial charge >= 0.3 is 6.09 Å². The quantitative estimate of drug-likeness (QED) is 0.699. The molecule has 1 unspecified atom stereocenters. The van der Waals surface area contributed by atoms with Crippen LogP contribution in [0.15, 0.2) is 42.5 Å². The molecule has 3 rings (SSSR count). The topological polar surface area (TPSA) is 64.6 Å². The molecule has 1 heterocycles. The van der Waals surface area contributed by atoms with Gasteiger partial charge in [-0.15, -0.1) is 4.72 Å². The molecule has 1 aliphatic rings. The third-order valence-electron chi connectivity index (χ3n) is 4.81. The average Bonchev–Trinajstić information content (AvgIpc) is 2.69. The van der Waals surface area contributed by atoms with Crippen LogP contribution in [0.4, 0.5) is 4.79 Å². The number of fused-ring (bicyclic) bond motifs is 1. The smallest absolute Gasteiger partial charge is 0.410 e. The zero-order valence-electron chi connectivity index (χ0n) is 17.0. The number of benzene rings is 2. The van der Waals surface area contributed by atoms with Crippen molar-refractivity contribution < 1.29 is 14.1 Å². The number of amides is 1. The molecule has 0 saturated carbocycles. The van der Waals surface area contributed by atoms with Crippen molar-refractivity contribution in [3.63, 3.8) is 0 Å². The highest BCUT2D eigenvalue weighted by Gasteiger charge is 2.28. The van der Waals surface area contributed by atoms with Gasteiger partial charge in [-0.1, -0.05) is 41.9 Å². The minimum atomic E-state index is -1.16. The zero-order chi connectivity index (χ0) is 21.0. The molecule has 0 saturated heterocycles. The lowest BCUT2D eigenvalue weighted by atomic mass is 9.94. The molecule has 0 aliphatic carbocycles. The maximum atomic E-state index is 12.5. The van der Waals surface area contributed by atoms with Gasteiger partial charge in [-0.25, -0.2) is 4.79 Å². The molecule has 0 aromatic heterocycles. The molecule has 7 heteroatoms. The highest BCUT2D eigenvalue weighted by molar-refractivity contribution is 7.90. The summed E-state index contributed by atoms with van der Waals surface area (Å²) in [5.41, 5.74) is 4.17. The van der Waals surface area contributed by atoms with Gasteiger partial charge in [-0.3, -0.25) is 0 Å². The number of nitrogens with zero attached hydrogens (tertiary/aromatic N) is 1. The first-order valence-electron chi connectivity index (χ1n) is 9.65. The monoisotopic (exact) mass is 434 g/mol. The van der Waals surface area contributed by atoms with E-state index < -0.39 is 11.4 Å². The van der Waals surface area contributed by atoms with Crippen LogP contribution in [-0.2, 0) is 42.2 Å². The first-order valence-corrected chi connectivity index (χ1v) is 11.2. The molecule has 0 fully saturated rings. The zero-order valence-corrected chi connectivity index (χ0v) is 18.6. The Labute approximate surface area is 180 Å². The van der Waals surface area contributed by atoms with Crippen LogP contribution in [0, 0.1) is 0 Å². The molecule has 5 nitrogen and oxygen atoms in total. The van der Waals surface area contributed by atoms with E-state index in [4.69, 9.17) is 16.3 Å². The summed E-state index contributed by atoms with van der Waals surface area (Å²) >= 11 is 5.16. The Balaban J connectivity index is 1.65. The van der Waals surface area contributed by atoms with E-state index in [0.717, 1.165) is 16.7 Å². The number of carbonyl (C=O) groups excluding carboxylic acids is 1. The molecular weight excluding hydrogens is 408 g/mol. The van der Waals surface area contributed by atoms with Gasteiger partial charge in [0.15, 0.2) is 0 Å². The SMILES string of the molecule is CC(C)(C)[S+]([O-])NCc1cc(Cl)cc2c1CCN(C(=O)OCc1ccccc1)C2. The summed E-state index contributed by atoms with van der Waals surface area (Å²) in [5, 5.41) is 0.613. The molecule has 1 atom stereocenters. The van der Waals surface area contributed by atoms with E-state index in [-0.39, 0.29) is 17.4 Å². The van der Waals surface area contributed by atoms with Gasteiger partial charge in [-0.2, -0.15) is 0 Å². The van der Waals surface area contributed by atoms with Gasteiger partial charge in [0.05, 0.1) is 6.54 Å². The van der Waals surface area contributed by atoms with Crippen molar-refractivity contribution >= 4 is 29.1 Å². The van der Waals surface area contributed by atoms with Gasteiger partial charge in [0.1, 0.15) is 11.4 Å². The number of hydrogen-bond donors (Lipinski definition) is 1. The number of rotatable bonds is 5. The highest BCUT2D eigenvalue weighted by atomic mass is 35.5. The number of carbonyl (C=O) groups is 1. The number of halogens is 1. The minimum absolute atomic E-state index is 0.256. The summed E-state index contributed by atoms with van der Waals surface area (Å²) in [5.74, 6) is 0. The molecule has 1 aliphatic heterocycles. The van der Waals surface area contributed by atoms with Gasteiger partial charge in [0.2, 0.25) is 0 Å². The van der Waals surface area contributed by atoms with Crippen molar-refractivity contribution in [3.05, 3.63) is 69.7 Å². The molecule has 0 radical (unpaired) electrons. The van der Waals surface area contributed by atoms with Gasteiger partial charge < -0.3 is 14.2 Å². The van der Waals surface area contributed by atoms with E-state index in [0.29, 0.717) is 31.1 Å². The van der Waals surface area contributed by atoms with E-state index in [1.165, 1.54) is 5.56 Å². The molecule has 0 spiro atoms. The normalized spacial score (nSPS) is 15.0. The highest BCUT2D eigenvalue weighted by Crippen LogP contribution is 2.28. The van der Waals surface area contributed by atoms with Crippen LogP contribution in [0.3, 0.4) is 0 Å². The fourth-order valence-corrected chi connectivity index (χ4v) is 4.22. The van der Waals surface area contributed by atoms with Crippen LogP contribution in [0.5, 0.6) is 0 Å². The van der Waals surface area contributed by atoms with Crippen molar-refractivity contribution in [1.82, 2.24) is 9.62 Å². The number of nitrogens with one attached hydrogen (secondary N) is 1. The maximum absolute atomic E-state index is 12.5. The van der Waals surface area contributed by atoms with Crippen molar-refractivity contribution in [2.75, 3.05) is 6.54 Å². The van der Waals surface area contributed by atoms with Crippen LogP contribution >= 0.6 is 11.6 Å². The summed E-state index contributed by atoms with van der Waals surface area (Å²) in [7, 11) is 0. The van der Waals surface area contributed by atoms with Gasteiger partial charge in [0, 0.05) is 29.5 Å². The van der Waals surface area contributed by atoms with E-state index >= 15 is 0 Å². The average molecular weight is 435 g/mol. The van der Waals surface area contributed by atoms with Crippen molar-refractivity contribution in [2.45, 2.75) is 51.6 Å². The maximum Gasteiger partial charge on any atom is 0.410 e. The first kappa shape index (κ1) is 22.0. The van der Waals surface area contributed by atoms with Crippen LogP contribution in [0.1, 0.15) is 43.0 Å². The molecular formula is C22H27ClN2O3S. The second-order valence-electron chi connectivity index (χ2n) is 8.12. The molecule has 1 amide bonds. The van der Waals surface area contributed by atoms with Crippen LogP contribution < -0.4 is 4.72 Å². The van der Waals surface area contributed by atoms with E-state index in [1.807, 2.05) is 63.2 Å². The lowest BCUT2D eigenvalue weighted by Crippen LogP contribution is -2.40. The summed E-state index contributed by atoms with van der Waals surface area (Å²) in [6, 6.07) is 13.4. The summed E-state index contributed by atoms with van der Waals surface area (Å²) in [6.07, 6.45) is 0.388. The molecule has 2 aromatic rings. The third kappa shape index (κ3) is 5.89.